The first-order valence-electron chi connectivity index (χ1n) is 9.32. The highest BCUT2D eigenvalue weighted by molar-refractivity contribution is 5.79. The molecule has 2 aromatic heterocycles. The number of aromatic nitrogens is 2. The molecule has 0 saturated heterocycles. The lowest BCUT2D eigenvalue weighted by Crippen LogP contribution is -2.15. The quantitative estimate of drug-likeness (QED) is 0.574. The monoisotopic (exact) mass is 376 g/mol. The van der Waals surface area contributed by atoms with E-state index in [4.69, 9.17) is 9.84 Å². The van der Waals surface area contributed by atoms with Crippen LogP contribution >= 0.6 is 0 Å². The van der Waals surface area contributed by atoms with E-state index < -0.39 is 5.97 Å². The Bertz CT molecular complexity index is 1010. The fourth-order valence-corrected chi connectivity index (χ4v) is 3.32. The minimum absolute atomic E-state index is 0.0157. The molecule has 0 bridgehead atoms. The summed E-state index contributed by atoms with van der Waals surface area (Å²) in [6, 6.07) is 11.6. The lowest BCUT2D eigenvalue weighted by Gasteiger charge is -2.24. The van der Waals surface area contributed by atoms with Gasteiger partial charge in [0.1, 0.15) is 17.5 Å². The fraction of sp³-hybridized carbons (Fsp3) is 0.304. The molecular weight excluding hydrogens is 352 g/mol. The van der Waals surface area contributed by atoms with Crippen LogP contribution in [0, 0.1) is 17.8 Å². The summed E-state index contributed by atoms with van der Waals surface area (Å²) in [4.78, 5) is 18.6. The maximum Gasteiger partial charge on any atom is 0.304 e. The average Bonchev–Trinajstić information content (AvgIpc) is 3.15. The number of hydrogen-bond donors (Lipinski definition) is 2. The molecule has 2 atom stereocenters. The van der Waals surface area contributed by atoms with Crippen molar-refractivity contribution in [3.63, 3.8) is 0 Å². The van der Waals surface area contributed by atoms with Gasteiger partial charge >= 0.3 is 5.97 Å². The van der Waals surface area contributed by atoms with E-state index in [9.17, 15) is 4.79 Å². The van der Waals surface area contributed by atoms with Crippen molar-refractivity contribution in [1.29, 1.82) is 0 Å². The van der Waals surface area contributed by atoms with Crippen LogP contribution in [0.4, 0.5) is 0 Å². The van der Waals surface area contributed by atoms with E-state index in [2.05, 4.69) is 35.7 Å². The number of benzene rings is 1. The Balaban J connectivity index is 1.85. The molecule has 0 aliphatic carbocycles. The van der Waals surface area contributed by atoms with Gasteiger partial charge in [0.25, 0.3) is 0 Å². The molecule has 0 spiro atoms. The van der Waals surface area contributed by atoms with Crippen molar-refractivity contribution in [2.45, 2.75) is 39.2 Å². The van der Waals surface area contributed by atoms with Crippen molar-refractivity contribution in [2.75, 3.05) is 0 Å². The highest BCUT2D eigenvalue weighted by Gasteiger charge is 2.21. The highest BCUT2D eigenvalue weighted by Crippen LogP contribution is 2.33. The first kappa shape index (κ1) is 19.5. The number of nitrogens with one attached hydrogen (secondary N) is 1. The fourth-order valence-electron chi connectivity index (χ4n) is 3.32. The number of aromatic amines is 1. The third kappa shape index (κ3) is 4.34. The van der Waals surface area contributed by atoms with Gasteiger partial charge in [0.05, 0.1) is 12.3 Å². The van der Waals surface area contributed by atoms with Crippen molar-refractivity contribution in [3.8, 4) is 17.6 Å². The molecule has 5 heteroatoms. The van der Waals surface area contributed by atoms with Crippen LogP contribution in [0.5, 0.6) is 5.75 Å². The molecule has 3 rings (SSSR count). The molecule has 0 saturated carbocycles. The molecule has 28 heavy (non-hydrogen) atoms. The minimum atomic E-state index is -0.860. The van der Waals surface area contributed by atoms with Gasteiger partial charge in [0.15, 0.2) is 0 Å². The van der Waals surface area contributed by atoms with Crippen LogP contribution in [-0.4, -0.2) is 21.0 Å². The van der Waals surface area contributed by atoms with E-state index in [-0.39, 0.29) is 24.4 Å². The summed E-state index contributed by atoms with van der Waals surface area (Å²) in [5.74, 6) is 5.60. The molecule has 3 aromatic rings. The standard InChI is InChI=1S/C23H24N2O3/c1-4-5-17(14-21(26)27)16-6-8-18(9-7-16)28-22(15(2)3)19-10-12-24-23-20(19)11-13-25-23/h6-13,15,17,22H,14H2,1-3H3,(H,24,25)(H,26,27)/t17?,22-/m0/s1. The molecule has 0 amide bonds. The Labute approximate surface area is 164 Å². The first-order valence-corrected chi connectivity index (χ1v) is 9.32. The van der Waals surface area contributed by atoms with E-state index in [0.29, 0.717) is 0 Å². The van der Waals surface area contributed by atoms with Crippen LogP contribution in [0.3, 0.4) is 0 Å². The van der Waals surface area contributed by atoms with Crippen LogP contribution < -0.4 is 4.74 Å². The Kier molecular flexibility index (Phi) is 6.00. The first-order chi connectivity index (χ1) is 13.5. The Hall–Kier alpha value is -3.26. The van der Waals surface area contributed by atoms with Gasteiger partial charge in [-0.15, -0.1) is 5.92 Å². The number of hydrogen-bond acceptors (Lipinski definition) is 3. The van der Waals surface area contributed by atoms with Gasteiger partial charge in [0, 0.05) is 23.3 Å². The Morgan fingerprint density at radius 3 is 2.61 bits per heavy atom. The lowest BCUT2D eigenvalue weighted by molar-refractivity contribution is -0.137. The number of carbonyl (C=O) groups is 1. The summed E-state index contributed by atoms with van der Waals surface area (Å²) in [6.07, 6.45) is 3.52. The number of nitrogens with zero attached hydrogens (tertiary/aromatic N) is 1. The van der Waals surface area contributed by atoms with Gasteiger partial charge in [-0.25, -0.2) is 4.98 Å². The third-order valence-corrected chi connectivity index (χ3v) is 4.65. The van der Waals surface area contributed by atoms with Gasteiger partial charge in [-0.1, -0.05) is 31.9 Å². The predicted molar refractivity (Wildman–Crippen MR) is 109 cm³/mol. The van der Waals surface area contributed by atoms with Crippen molar-refractivity contribution < 1.29 is 14.6 Å². The number of aliphatic carboxylic acids is 1. The average molecular weight is 376 g/mol. The van der Waals surface area contributed by atoms with E-state index in [1.165, 1.54) is 0 Å². The Morgan fingerprint density at radius 1 is 1.21 bits per heavy atom. The topological polar surface area (TPSA) is 75.2 Å². The summed E-state index contributed by atoms with van der Waals surface area (Å²) in [5, 5.41) is 10.2. The van der Waals surface area contributed by atoms with Crippen LogP contribution in [0.1, 0.15) is 50.3 Å². The largest absolute Gasteiger partial charge is 0.485 e. The van der Waals surface area contributed by atoms with Gasteiger partial charge in [0.2, 0.25) is 0 Å². The molecule has 0 fully saturated rings. The molecular formula is C23H24N2O3. The molecule has 2 heterocycles. The number of ether oxygens (including phenoxy) is 1. The number of carboxylic acids is 1. The second-order valence-electron chi connectivity index (χ2n) is 7.04. The van der Waals surface area contributed by atoms with E-state index in [0.717, 1.165) is 27.9 Å². The molecule has 1 unspecified atom stereocenters. The van der Waals surface area contributed by atoms with E-state index in [1.54, 1.807) is 13.1 Å². The maximum absolute atomic E-state index is 11.1. The van der Waals surface area contributed by atoms with Crippen LogP contribution in [0.25, 0.3) is 11.0 Å². The molecule has 144 valence electrons. The summed E-state index contributed by atoms with van der Waals surface area (Å²) >= 11 is 0. The SMILES string of the molecule is CC#CC(CC(=O)O)c1ccc(O[C@H](c2ccnc3[nH]ccc23)C(C)C)cc1. The summed E-state index contributed by atoms with van der Waals surface area (Å²) < 4.78 is 6.32. The van der Waals surface area contributed by atoms with Crippen LogP contribution in [0.15, 0.2) is 48.8 Å². The van der Waals surface area contributed by atoms with Crippen molar-refractivity contribution in [3.05, 3.63) is 59.9 Å². The summed E-state index contributed by atoms with van der Waals surface area (Å²) in [5.41, 5.74) is 2.81. The zero-order valence-corrected chi connectivity index (χ0v) is 16.3. The number of pyridine rings is 1. The minimum Gasteiger partial charge on any atom is -0.485 e. The second-order valence-corrected chi connectivity index (χ2v) is 7.04. The second kappa shape index (κ2) is 8.62. The normalized spacial score (nSPS) is 13.0. The van der Waals surface area contributed by atoms with Gasteiger partial charge in [-0.2, -0.15) is 0 Å². The zero-order chi connectivity index (χ0) is 20.1. The Morgan fingerprint density at radius 2 is 1.96 bits per heavy atom. The van der Waals surface area contributed by atoms with E-state index >= 15 is 0 Å². The molecule has 1 aromatic carbocycles. The van der Waals surface area contributed by atoms with Crippen LogP contribution in [-0.2, 0) is 4.79 Å². The predicted octanol–water partition coefficient (Wildman–Crippen LogP) is 4.92. The number of rotatable bonds is 7. The van der Waals surface area contributed by atoms with Crippen molar-refractivity contribution in [1.82, 2.24) is 9.97 Å². The highest BCUT2D eigenvalue weighted by atomic mass is 16.5. The molecule has 0 aliphatic heterocycles. The van der Waals surface area contributed by atoms with Gasteiger partial charge in [-0.3, -0.25) is 4.79 Å². The van der Waals surface area contributed by atoms with Gasteiger partial charge < -0.3 is 14.8 Å². The molecule has 5 nitrogen and oxygen atoms in total. The van der Waals surface area contributed by atoms with E-state index in [1.807, 2.05) is 42.6 Å². The van der Waals surface area contributed by atoms with Crippen molar-refractivity contribution in [2.24, 2.45) is 5.92 Å². The third-order valence-electron chi connectivity index (χ3n) is 4.65. The maximum atomic E-state index is 11.1. The number of carboxylic acid groups (broad SMARTS) is 1. The smallest absolute Gasteiger partial charge is 0.304 e. The van der Waals surface area contributed by atoms with Crippen LogP contribution in [0.2, 0.25) is 0 Å². The summed E-state index contributed by atoms with van der Waals surface area (Å²) in [7, 11) is 0. The number of H-pyrrole nitrogens is 1. The molecule has 2 N–H and O–H groups in total. The van der Waals surface area contributed by atoms with Crippen molar-refractivity contribution >= 4 is 17.0 Å². The lowest BCUT2D eigenvalue weighted by atomic mass is 9.95. The summed E-state index contributed by atoms with van der Waals surface area (Å²) in [6.45, 7) is 5.96. The zero-order valence-electron chi connectivity index (χ0n) is 16.3. The molecule has 0 aliphatic rings. The van der Waals surface area contributed by atoms with Gasteiger partial charge in [-0.05, 0) is 42.7 Å². The number of fused-ring (bicyclic) bond motifs is 1. The molecule has 0 radical (unpaired) electrons.